The highest BCUT2D eigenvalue weighted by Gasteiger charge is 2.00. The zero-order valence-electron chi connectivity index (χ0n) is 10.4. The Hall–Kier alpha value is -2.05. The number of anilines is 1. The molecule has 0 atom stereocenters. The second kappa shape index (κ2) is 5.52. The standard InChI is InChI=1S/C15H14N2S/c1-11-3-4-15(7-12(11)2)17-9-14(8-16)13-5-6-18-10-13/h3-7,9-10,17H,1-2H3. The van der Waals surface area contributed by atoms with Gasteiger partial charge in [0.2, 0.25) is 0 Å². The van der Waals surface area contributed by atoms with Gasteiger partial charge in [0.1, 0.15) is 6.07 Å². The summed E-state index contributed by atoms with van der Waals surface area (Å²) in [7, 11) is 0. The fourth-order valence-corrected chi connectivity index (χ4v) is 2.24. The molecule has 1 heterocycles. The monoisotopic (exact) mass is 254 g/mol. The van der Waals surface area contributed by atoms with Crippen LogP contribution in [0.4, 0.5) is 5.69 Å². The fraction of sp³-hybridized carbons (Fsp3) is 0.133. The maximum Gasteiger partial charge on any atom is 0.101 e. The quantitative estimate of drug-likeness (QED) is 0.827. The van der Waals surface area contributed by atoms with E-state index in [9.17, 15) is 0 Å². The van der Waals surface area contributed by atoms with Crippen molar-refractivity contribution < 1.29 is 0 Å². The number of aryl methyl sites for hydroxylation is 2. The lowest BCUT2D eigenvalue weighted by Gasteiger charge is -2.05. The number of nitriles is 1. The van der Waals surface area contributed by atoms with Gasteiger partial charge in [-0.25, -0.2) is 0 Å². The third-order valence-corrected chi connectivity index (χ3v) is 3.53. The molecule has 1 aromatic heterocycles. The predicted octanol–water partition coefficient (Wildman–Crippen LogP) is 4.34. The van der Waals surface area contributed by atoms with Gasteiger partial charge >= 0.3 is 0 Å². The molecule has 2 nitrogen and oxygen atoms in total. The number of rotatable bonds is 3. The van der Waals surface area contributed by atoms with E-state index in [1.54, 1.807) is 17.5 Å². The molecule has 0 amide bonds. The minimum atomic E-state index is 0.648. The minimum absolute atomic E-state index is 0.648. The molecule has 0 aliphatic rings. The summed E-state index contributed by atoms with van der Waals surface area (Å²) in [5.41, 5.74) is 5.11. The van der Waals surface area contributed by atoms with E-state index >= 15 is 0 Å². The zero-order valence-corrected chi connectivity index (χ0v) is 11.2. The van der Waals surface area contributed by atoms with Gasteiger partial charge in [-0.05, 0) is 53.9 Å². The summed E-state index contributed by atoms with van der Waals surface area (Å²) in [4.78, 5) is 0. The van der Waals surface area contributed by atoms with Crippen LogP contribution in [0.3, 0.4) is 0 Å². The van der Waals surface area contributed by atoms with E-state index in [1.807, 2.05) is 22.9 Å². The highest BCUT2D eigenvalue weighted by Crippen LogP contribution is 2.18. The van der Waals surface area contributed by atoms with Crippen molar-refractivity contribution in [3.63, 3.8) is 0 Å². The summed E-state index contributed by atoms with van der Waals surface area (Å²) < 4.78 is 0. The Morgan fingerprint density at radius 3 is 2.72 bits per heavy atom. The molecule has 0 bridgehead atoms. The van der Waals surface area contributed by atoms with Gasteiger partial charge in [-0.15, -0.1) is 0 Å². The molecular weight excluding hydrogens is 240 g/mol. The van der Waals surface area contributed by atoms with E-state index in [4.69, 9.17) is 5.26 Å². The molecular formula is C15H14N2S. The molecule has 3 heteroatoms. The summed E-state index contributed by atoms with van der Waals surface area (Å²) in [6, 6.07) is 10.3. The first-order valence-electron chi connectivity index (χ1n) is 5.67. The molecule has 1 aromatic carbocycles. The Kier molecular flexibility index (Phi) is 3.81. The Morgan fingerprint density at radius 2 is 2.11 bits per heavy atom. The van der Waals surface area contributed by atoms with Crippen LogP contribution in [0.1, 0.15) is 16.7 Å². The van der Waals surface area contributed by atoms with Crippen molar-refractivity contribution >= 4 is 22.6 Å². The summed E-state index contributed by atoms with van der Waals surface area (Å²) in [6.07, 6.45) is 1.76. The number of hydrogen-bond donors (Lipinski definition) is 1. The molecule has 2 aromatic rings. The number of benzene rings is 1. The number of allylic oxidation sites excluding steroid dienone is 1. The maximum absolute atomic E-state index is 9.12. The Labute approximate surface area is 111 Å². The number of nitrogens with one attached hydrogen (secondary N) is 1. The van der Waals surface area contributed by atoms with Gasteiger partial charge in [0.05, 0.1) is 5.57 Å². The van der Waals surface area contributed by atoms with Crippen molar-refractivity contribution in [1.29, 1.82) is 5.26 Å². The van der Waals surface area contributed by atoms with Gasteiger partial charge in [0, 0.05) is 17.5 Å². The molecule has 0 radical (unpaired) electrons. The van der Waals surface area contributed by atoms with E-state index in [0.717, 1.165) is 11.3 Å². The third-order valence-electron chi connectivity index (χ3n) is 2.84. The lowest BCUT2D eigenvalue weighted by Crippen LogP contribution is -1.91. The minimum Gasteiger partial charge on any atom is -0.360 e. The van der Waals surface area contributed by atoms with Crippen LogP contribution in [0.2, 0.25) is 0 Å². The molecule has 0 aliphatic heterocycles. The SMILES string of the molecule is Cc1ccc(NC=C(C#N)c2ccsc2)cc1C. The van der Waals surface area contributed by atoms with E-state index < -0.39 is 0 Å². The number of thiophene rings is 1. The average Bonchev–Trinajstić information content (AvgIpc) is 2.88. The first kappa shape index (κ1) is 12.4. The van der Waals surface area contributed by atoms with Crippen LogP contribution in [0, 0.1) is 25.2 Å². The van der Waals surface area contributed by atoms with Gasteiger partial charge in [0.15, 0.2) is 0 Å². The Bertz CT molecular complexity index is 604. The van der Waals surface area contributed by atoms with Crippen molar-refractivity contribution in [2.24, 2.45) is 0 Å². The highest BCUT2D eigenvalue weighted by atomic mass is 32.1. The van der Waals surface area contributed by atoms with E-state index in [-0.39, 0.29) is 0 Å². The first-order valence-corrected chi connectivity index (χ1v) is 6.61. The van der Waals surface area contributed by atoms with Crippen LogP contribution in [0.25, 0.3) is 5.57 Å². The second-order valence-corrected chi connectivity index (χ2v) is 4.91. The van der Waals surface area contributed by atoms with Crippen LogP contribution in [-0.4, -0.2) is 0 Å². The van der Waals surface area contributed by atoms with Gasteiger partial charge in [-0.1, -0.05) is 6.07 Å². The van der Waals surface area contributed by atoms with Crippen molar-refractivity contribution in [3.05, 3.63) is 57.9 Å². The van der Waals surface area contributed by atoms with Crippen LogP contribution >= 0.6 is 11.3 Å². The van der Waals surface area contributed by atoms with Crippen LogP contribution < -0.4 is 5.32 Å². The Morgan fingerprint density at radius 1 is 1.28 bits per heavy atom. The lowest BCUT2D eigenvalue weighted by molar-refractivity contribution is 1.34. The summed E-state index contributed by atoms with van der Waals surface area (Å²) in [6.45, 7) is 4.16. The van der Waals surface area contributed by atoms with Crippen molar-refractivity contribution in [3.8, 4) is 6.07 Å². The van der Waals surface area contributed by atoms with E-state index in [2.05, 4.69) is 37.4 Å². The topological polar surface area (TPSA) is 35.8 Å². The Balaban J connectivity index is 2.19. The van der Waals surface area contributed by atoms with Crippen LogP contribution in [0.15, 0.2) is 41.2 Å². The average molecular weight is 254 g/mol. The molecule has 90 valence electrons. The van der Waals surface area contributed by atoms with E-state index in [0.29, 0.717) is 5.57 Å². The maximum atomic E-state index is 9.12. The van der Waals surface area contributed by atoms with Gasteiger partial charge in [-0.2, -0.15) is 16.6 Å². The van der Waals surface area contributed by atoms with E-state index in [1.165, 1.54) is 11.1 Å². The number of nitrogens with zero attached hydrogens (tertiary/aromatic N) is 1. The molecule has 0 spiro atoms. The van der Waals surface area contributed by atoms with Crippen molar-refractivity contribution in [2.45, 2.75) is 13.8 Å². The second-order valence-electron chi connectivity index (χ2n) is 4.13. The lowest BCUT2D eigenvalue weighted by atomic mass is 10.1. The summed E-state index contributed by atoms with van der Waals surface area (Å²) >= 11 is 1.59. The molecule has 1 N–H and O–H groups in total. The van der Waals surface area contributed by atoms with Gasteiger partial charge in [0.25, 0.3) is 0 Å². The predicted molar refractivity (Wildman–Crippen MR) is 77.4 cm³/mol. The molecule has 18 heavy (non-hydrogen) atoms. The highest BCUT2D eigenvalue weighted by molar-refractivity contribution is 7.08. The fourth-order valence-electron chi connectivity index (χ4n) is 1.58. The van der Waals surface area contributed by atoms with Crippen LogP contribution in [0.5, 0.6) is 0 Å². The third kappa shape index (κ3) is 2.79. The smallest absolute Gasteiger partial charge is 0.101 e. The van der Waals surface area contributed by atoms with Crippen molar-refractivity contribution in [2.75, 3.05) is 5.32 Å². The summed E-state index contributed by atoms with van der Waals surface area (Å²) in [5, 5.41) is 16.2. The molecule has 2 rings (SSSR count). The van der Waals surface area contributed by atoms with Crippen molar-refractivity contribution in [1.82, 2.24) is 0 Å². The largest absolute Gasteiger partial charge is 0.360 e. The normalized spacial score (nSPS) is 11.1. The first-order chi connectivity index (χ1) is 8.70. The molecule has 0 unspecified atom stereocenters. The molecule has 0 aliphatic carbocycles. The van der Waals surface area contributed by atoms with Gasteiger partial charge < -0.3 is 5.32 Å². The zero-order chi connectivity index (χ0) is 13.0. The molecule has 0 fully saturated rings. The van der Waals surface area contributed by atoms with Crippen LogP contribution in [-0.2, 0) is 0 Å². The van der Waals surface area contributed by atoms with Gasteiger partial charge in [-0.3, -0.25) is 0 Å². The molecule has 0 saturated heterocycles. The summed E-state index contributed by atoms with van der Waals surface area (Å²) in [5.74, 6) is 0. The molecule has 0 saturated carbocycles. The number of hydrogen-bond acceptors (Lipinski definition) is 3.